The Morgan fingerprint density at radius 1 is 0.949 bits per heavy atom. The molecule has 204 valence electrons. The maximum Gasteiger partial charge on any atom is 0.338 e. The van der Waals surface area contributed by atoms with Crippen molar-refractivity contribution >= 4 is 40.7 Å². The lowest BCUT2D eigenvalue weighted by molar-refractivity contribution is -0.136. The van der Waals surface area contributed by atoms with Crippen LogP contribution >= 0.6 is 11.3 Å². The molecular weight excluding hydrogens is 512 g/mol. The Bertz CT molecular complexity index is 1610. The van der Waals surface area contributed by atoms with Gasteiger partial charge in [0, 0.05) is 0 Å². The minimum Gasteiger partial charge on any atom is -0.466 e. The molecular formula is C31H34N2O5S. The van der Waals surface area contributed by atoms with Crippen LogP contribution in [0.5, 0.6) is 0 Å². The lowest BCUT2D eigenvalue weighted by atomic mass is 9.82. The molecule has 1 aliphatic rings. The summed E-state index contributed by atoms with van der Waals surface area (Å²) in [5, 5.41) is 0. The maximum absolute atomic E-state index is 13.7. The summed E-state index contributed by atoms with van der Waals surface area (Å²) in [6.07, 6.45) is 1.77. The second kappa shape index (κ2) is 11.5. The van der Waals surface area contributed by atoms with Crippen LogP contribution in [0.2, 0.25) is 0 Å². The van der Waals surface area contributed by atoms with Crippen molar-refractivity contribution in [2.75, 3.05) is 13.7 Å². The minimum atomic E-state index is -0.867. The highest BCUT2D eigenvalue weighted by Gasteiger charge is 2.39. The fourth-order valence-electron chi connectivity index (χ4n) is 4.70. The number of methoxy groups -OCH3 is 1. The van der Waals surface area contributed by atoms with Gasteiger partial charge in [0.05, 0.1) is 35.3 Å². The van der Waals surface area contributed by atoms with Gasteiger partial charge >= 0.3 is 11.9 Å². The van der Waals surface area contributed by atoms with Crippen LogP contribution in [-0.4, -0.2) is 30.2 Å². The number of aromatic nitrogens is 1. The minimum absolute atomic E-state index is 0.0260. The topological polar surface area (TPSA) is 101 Å². The molecule has 0 bridgehead atoms. The van der Waals surface area contributed by atoms with Gasteiger partial charge in [-0.15, -0.1) is 11.3 Å². The number of fused-ring (bicyclic) bond motifs is 1. The Morgan fingerprint density at radius 2 is 1.51 bits per heavy atom. The van der Waals surface area contributed by atoms with E-state index in [0.29, 0.717) is 26.6 Å². The summed E-state index contributed by atoms with van der Waals surface area (Å²) in [5.74, 6) is -1.57. The largest absolute Gasteiger partial charge is 0.466 e. The molecule has 2 heterocycles. The number of ether oxygens (including phenoxy) is 2. The predicted octanol–water partition coefficient (Wildman–Crippen LogP) is 3.80. The summed E-state index contributed by atoms with van der Waals surface area (Å²) in [4.78, 5) is 40.3. The Hall–Kier alpha value is -3.91. The van der Waals surface area contributed by atoms with Gasteiger partial charge < -0.3 is 15.2 Å². The van der Waals surface area contributed by atoms with Crippen LogP contribution in [0.4, 0.5) is 0 Å². The first-order valence-corrected chi connectivity index (χ1v) is 13.8. The average molecular weight is 547 g/mol. The lowest BCUT2D eigenvalue weighted by Crippen LogP contribution is -2.41. The monoisotopic (exact) mass is 546 g/mol. The zero-order valence-electron chi connectivity index (χ0n) is 23.1. The van der Waals surface area contributed by atoms with Crippen molar-refractivity contribution < 1.29 is 19.1 Å². The molecule has 8 heteroatoms. The van der Waals surface area contributed by atoms with Gasteiger partial charge in [0.15, 0.2) is 0 Å². The zero-order chi connectivity index (χ0) is 28.4. The van der Waals surface area contributed by atoms with Crippen molar-refractivity contribution in [3.05, 3.63) is 95.9 Å². The molecule has 0 radical (unpaired) electrons. The van der Waals surface area contributed by atoms with Crippen molar-refractivity contribution in [3.8, 4) is 0 Å². The Kier molecular flexibility index (Phi) is 8.25. The van der Waals surface area contributed by atoms with E-state index in [-0.39, 0.29) is 23.6 Å². The molecule has 0 saturated heterocycles. The number of nitrogens with zero attached hydrogens (tertiary/aromatic N) is 1. The molecule has 2 N–H and O–H groups in total. The van der Waals surface area contributed by atoms with E-state index in [1.807, 2.05) is 48.5 Å². The summed E-state index contributed by atoms with van der Waals surface area (Å²) in [7, 11) is 1.25. The third kappa shape index (κ3) is 5.34. The number of benzene rings is 2. The number of hydrogen-bond acceptors (Lipinski definition) is 7. The molecule has 1 aliphatic heterocycles. The number of thiazole rings is 1. The van der Waals surface area contributed by atoms with Crippen LogP contribution in [0.3, 0.4) is 0 Å². The summed E-state index contributed by atoms with van der Waals surface area (Å²) in [6.45, 7) is 10.2. The van der Waals surface area contributed by atoms with E-state index >= 15 is 0 Å². The summed E-state index contributed by atoms with van der Waals surface area (Å²) in [5.41, 5.74) is 10.1. The van der Waals surface area contributed by atoms with Gasteiger partial charge in [-0.05, 0) is 47.1 Å². The molecule has 0 amide bonds. The Labute approximate surface area is 231 Å². The molecule has 1 atom stereocenters. The molecule has 0 spiro atoms. The van der Waals surface area contributed by atoms with Gasteiger partial charge in [0.1, 0.15) is 10.5 Å². The smallest absolute Gasteiger partial charge is 0.338 e. The normalized spacial score (nSPS) is 15.6. The third-order valence-corrected chi connectivity index (χ3v) is 7.99. The number of hydrogen-bond donors (Lipinski definition) is 1. The molecule has 0 aliphatic carbocycles. The van der Waals surface area contributed by atoms with E-state index in [1.165, 1.54) is 17.2 Å². The molecule has 4 rings (SSSR count). The molecule has 2 aromatic carbocycles. The van der Waals surface area contributed by atoms with Crippen molar-refractivity contribution in [1.82, 2.24) is 4.57 Å². The maximum atomic E-state index is 13.7. The first-order valence-electron chi connectivity index (χ1n) is 13.0. The van der Waals surface area contributed by atoms with Crippen molar-refractivity contribution in [1.29, 1.82) is 0 Å². The second-order valence-electron chi connectivity index (χ2n) is 10.1. The van der Waals surface area contributed by atoms with E-state index in [4.69, 9.17) is 15.2 Å². The molecule has 39 heavy (non-hydrogen) atoms. The van der Waals surface area contributed by atoms with Crippen LogP contribution in [0.1, 0.15) is 74.6 Å². The third-order valence-electron chi connectivity index (χ3n) is 6.89. The van der Waals surface area contributed by atoms with Crippen molar-refractivity contribution in [3.63, 3.8) is 0 Å². The molecule has 0 fully saturated rings. The molecule has 0 saturated carbocycles. The zero-order valence-corrected chi connectivity index (χ0v) is 23.9. The number of rotatable bonds is 7. The van der Waals surface area contributed by atoms with Crippen molar-refractivity contribution in [2.45, 2.75) is 52.4 Å². The summed E-state index contributed by atoms with van der Waals surface area (Å²) in [6, 6.07) is 15.6. The van der Waals surface area contributed by atoms with Crippen LogP contribution in [0, 0.1) is 0 Å². The summed E-state index contributed by atoms with van der Waals surface area (Å²) < 4.78 is 12.5. The number of nitrogens with two attached hydrogens (primary N) is 1. The van der Waals surface area contributed by atoms with Gasteiger partial charge in [-0.1, -0.05) is 76.2 Å². The standard InChI is InChI=1S/C31H34N2O5S/c1-7-38-31(36)26-24(22-14-12-21(13-15-22)18(4)5)25(30(35)37-6)27(32)33-28(34)23(39-29(26)33)16-19-8-10-20(11-9-19)17(2)3/h8-18,24H,7,32H2,1-6H3/b23-16+/t24-/m1/s1. The lowest BCUT2D eigenvalue weighted by Gasteiger charge is -2.27. The van der Waals surface area contributed by atoms with Gasteiger partial charge in [-0.3, -0.25) is 9.36 Å². The highest BCUT2D eigenvalue weighted by atomic mass is 32.1. The highest BCUT2D eigenvalue weighted by Crippen LogP contribution is 2.38. The Morgan fingerprint density at radius 3 is 2.03 bits per heavy atom. The second-order valence-corrected chi connectivity index (χ2v) is 11.1. The number of carbonyl (C=O) groups excluding carboxylic acids is 2. The Balaban J connectivity index is 2.04. The molecule has 1 aromatic heterocycles. The number of esters is 2. The molecule has 7 nitrogen and oxygen atoms in total. The fourth-order valence-corrected chi connectivity index (χ4v) is 5.86. The van der Waals surface area contributed by atoms with E-state index in [0.717, 1.165) is 22.5 Å². The van der Waals surface area contributed by atoms with E-state index in [9.17, 15) is 14.4 Å². The fraction of sp³-hybridized carbons (Fsp3) is 0.323. The first kappa shape index (κ1) is 28.1. The van der Waals surface area contributed by atoms with Gasteiger partial charge in [0.25, 0.3) is 5.56 Å². The number of carbonyl (C=O) groups is 2. The van der Waals surface area contributed by atoms with Gasteiger partial charge in [-0.25, -0.2) is 9.59 Å². The van der Waals surface area contributed by atoms with Gasteiger partial charge in [0.2, 0.25) is 0 Å². The quantitative estimate of drug-likeness (QED) is 0.453. The van der Waals surface area contributed by atoms with Gasteiger partial charge in [-0.2, -0.15) is 0 Å². The van der Waals surface area contributed by atoms with Crippen LogP contribution in [-0.2, 0) is 19.1 Å². The highest BCUT2D eigenvalue weighted by molar-refractivity contribution is 7.07. The van der Waals surface area contributed by atoms with E-state index < -0.39 is 23.4 Å². The van der Waals surface area contributed by atoms with E-state index in [2.05, 4.69) is 27.7 Å². The van der Waals surface area contributed by atoms with Crippen LogP contribution in [0.25, 0.3) is 17.5 Å². The SMILES string of the molecule is CCOC(=O)C1=c2s/c(=C/c3ccc(C(C)C)cc3)c(=O)n2C(N)=C(C(=O)OC)[C@H]1c1ccc(C(C)C)cc1. The molecule has 3 aromatic rings. The van der Waals surface area contributed by atoms with Crippen molar-refractivity contribution in [2.24, 2.45) is 5.73 Å². The summed E-state index contributed by atoms with van der Waals surface area (Å²) >= 11 is 1.15. The van der Waals surface area contributed by atoms with Crippen LogP contribution in [0.15, 0.2) is 58.9 Å². The molecule has 0 unspecified atom stereocenters. The first-order chi connectivity index (χ1) is 18.6. The van der Waals surface area contributed by atoms with E-state index in [1.54, 1.807) is 13.0 Å². The average Bonchev–Trinajstić information content (AvgIpc) is 3.24. The predicted molar refractivity (Wildman–Crippen MR) is 155 cm³/mol. The van der Waals surface area contributed by atoms with Crippen LogP contribution < -0.4 is 20.5 Å².